The lowest BCUT2D eigenvalue weighted by atomic mass is 10.1. The zero-order valence-corrected chi connectivity index (χ0v) is 15.8. The molecule has 0 saturated heterocycles. The van der Waals surface area contributed by atoms with E-state index in [2.05, 4.69) is 28.4 Å². The van der Waals surface area contributed by atoms with Gasteiger partial charge in [-0.1, -0.05) is 50.8 Å². The van der Waals surface area contributed by atoms with Crippen molar-refractivity contribution < 1.29 is 37.1 Å². The van der Waals surface area contributed by atoms with E-state index in [1.165, 1.54) is 19.3 Å². The number of aryl methyl sites for hydroxylation is 1. The number of aliphatic carboxylic acids is 1. The smallest absolute Gasteiger partial charge is 0.426 e. The first-order valence-electron chi connectivity index (χ1n) is 9.12. The molecule has 1 aromatic rings. The number of halogens is 3. The summed E-state index contributed by atoms with van der Waals surface area (Å²) in [7, 11) is 0. The topological polar surface area (TPSA) is 103 Å². The molecule has 0 bridgehead atoms. The van der Waals surface area contributed by atoms with E-state index in [1.54, 1.807) is 0 Å². The molecule has 0 aromatic carbocycles. The number of carbonyl (C=O) groups is 2. The van der Waals surface area contributed by atoms with E-state index >= 15 is 0 Å². The van der Waals surface area contributed by atoms with E-state index < -0.39 is 30.6 Å². The molecule has 1 heterocycles. The molecule has 10 heteroatoms. The normalized spacial score (nSPS) is 12.6. The molecule has 0 amide bonds. The summed E-state index contributed by atoms with van der Waals surface area (Å²) in [6, 6.07) is 0. The third kappa shape index (κ3) is 9.01. The highest BCUT2D eigenvalue weighted by atomic mass is 19.4. The molecule has 0 fully saturated rings. The van der Waals surface area contributed by atoms with Gasteiger partial charge in [0, 0.05) is 12.0 Å². The van der Waals surface area contributed by atoms with E-state index in [0.29, 0.717) is 12.2 Å². The van der Waals surface area contributed by atoms with Gasteiger partial charge < -0.3 is 14.4 Å². The number of unbranched alkanes of at least 4 members (excludes halogenated alkanes) is 5. The first kappa shape index (κ1) is 23.6. The standard InChI is InChI=1S/C18H25F3N2O5/c1-3-4-5-6-7-8-9-14-22-15(28-23-14)10-12(2)17(26)27-13(11-16(24)25)18(19,20)21/h13H,2-11H2,1H3,(H,24,25)/t13-/m0/s1. The largest absolute Gasteiger partial charge is 0.481 e. The maximum Gasteiger partial charge on any atom is 0.426 e. The Hall–Kier alpha value is -2.39. The van der Waals surface area contributed by atoms with Crippen molar-refractivity contribution in [2.75, 3.05) is 0 Å². The summed E-state index contributed by atoms with van der Waals surface area (Å²) in [5.41, 5.74) is -0.339. The van der Waals surface area contributed by atoms with Crippen molar-refractivity contribution in [1.82, 2.24) is 10.1 Å². The average molecular weight is 406 g/mol. The minimum Gasteiger partial charge on any atom is -0.481 e. The van der Waals surface area contributed by atoms with E-state index in [9.17, 15) is 22.8 Å². The molecule has 0 aliphatic heterocycles. The van der Waals surface area contributed by atoms with Crippen LogP contribution in [0.3, 0.4) is 0 Å². The Morgan fingerprint density at radius 2 is 1.86 bits per heavy atom. The van der Waals surface area contributed by atoms with Gasteiger partial charge in [-0.15, -0.1) is 0 Å². The van der Waals surface area contributed by atoms with Crippen LogP contribution < -0.4 is 0 Å². The lowest BCUT2D eigenvalue weighted by Gasteiger charge is -2.19. The zero-order valence-electron chi connectivity index (χ0n) is 15.8. The van der Waals surface area contributed by atoms with Gasteiger partial charge in [0.25, 0.3) is 0 Å². The molecule has 158 valence electrons. The SMILES string of the molecule is C=C(Cc1nc(CCCCCCCC)no1)C(=O)O[C@@H](CC(=O)O)C(F)(F)F. The zero-order chi connectivity index (χ0) is 21.2. The number of hydrogen-bond acceptors (Lipinski definition) is 6. The third-order valence-electron chi connectivity index (χ3n) is 3.89. The maximum absolute atomic E-state index is 12.7. The van der Waals surface area contributed by atoms with Crippen LogP contribution in [0.2, 0.25) is 0 Å². The van der Waals surface area contributed by atoms with Crippen LogP contribution in [-0.4, -0.2) is 39.5 Å². The summed E-state index contributed by atoms with van der Waals surface area (Å²) in [4.78, 5) is 26.4. The fraction of sp³-hybridized carbons (Fsp3) is 0.667. The second-order valence-electron chi connectivity index (χ2n) is 6.44. The summed E-state index contributed by atoms with van der Waals surface area (Å²) < 4.78 is 47.4. The van der Waals surface area contributed by atoms with Crippen LogP contribution in [0.15, 0.2) is 16.7 Å². The van der Waals surface area contributed by atoms with Crippen molar-refractivity contribution in [3.05, 3.63) is 23.9 Å². The fourth-order valence-corrected chi connectivity index (χ4v) is 2.38. The van der Waals surface area contributed by atoms with Gasteiger partial charge >= 0.3 is 18.1 Å². The quantitative estimate of drug-likeness (QED) is 0.300. The molecule has 1 rings (SSSR count). The van der Waals surface area contributed by atoms with Crippen molar-refractivity contribution in [1.29, 1.82) is 0 Å². The highest BCUT2D eigenvalue weighted by Gasteiger charge is 2.44. The van der Waals surface area contributed by atoms with Crippen molar-refractivity contribution in [2.45, 2.75) is 77.0 Å². The Labute approximate surface area is 160 Å². The number of carboxylic acids is 1. The van der Waals surface area contributed by atoms with Crippen molar-refractivity contribution in [2.24, 2.45) is 0 Å². The van der Waals surface area contributed by atoms with Crippen LogP contribution in [0.5, 0.6) is 0 Å². The van der Waals surface area contributed by atoms with E-state index in [1.807, 2.05) is 0 Å². The molecule has 0 aliphatic carbocycles. The van der Waals surface area contributed by atoms with Gasteiger partial charge in [-0.25, -0.2) is 4.79 Å². The van der Waals surface area contributed by atoms with Crippen molar-refractivity contribution >= 4 is 11.9 Å². The molecular formula is C18H25F3N2O5. The van der Waals surface area contributed by atoms with Gasteiger partial charge in [0.05, 0.1) is 12.8 Å². The second-order valence-corrected chi connectivity index (χ2v) is 6.44. The van der Waals surface area contributed by atoms with Crippen LogP contribution in [0.1, 0.15) is 63.6 Å². The molecule has 7 nitrogen and oxygen atoms in total. The maximum atomic E-state index is 12.7. The number of alkyl halides is 3. The Kier molecular flexibility index (Phi) is 9.67. The van der Waals surface area contributed by atoms with Gasteiger partial charge in [0.2, 0.25) is 12.0 Å². The molecule has 1 atom stereocenters. The molecule has 0 unspecified atom stereocenters. The predicted molar refractivity (Wildman–Crippen MR) is 92.4 cm³/mol. The van der Waals surface area contributed by atoms with Crippen LogP contribution in [0.25, 0.3) is 0 Å². The Morgan fingerprint density at radius 1 is 1.21 bits per heavy atom. The molecule has 0 spiro atoms. The predicted octanol–water partition coefficient (Wildman–Crippen LogP) is 4.02. The van der Waals surface area contributed by atoms with Crippen molar-refractivity contribution in [3.63, 3.8) is 0 Å². The lowest BCUT2D eigenvalue weighted by molar-refractivity contribution is -0.222. The number of aromatic nitrogens is 2. The van der Waals surface area contributed by atoms with Gasteiger partial charge in [0.15, 0.2) is 5.82 Å². The van der Waals surface area contributed by atoms with E-state index in [4.69, 9.17) is 9.63 Å². The second kappa shape index (κ2) is 11.5. The number of rotatable bonds is 13. The molecule has 0 aliphatic rings. The molecule has 1 N–H and O–H groups in total. The number of hydrogen-bond donors (Lipinski definition) is 1. The Bertz CT molecular complexity index is 658. The lowest BCUT2D eigenvalue weighted by Crippen LogP contribution is -2.36. The summed E-state index contributed by atoms with van der Waals surface area (Å²) in [6.07, 6.45) is -2.23. The van der Waals surface area contributed by atoms with Gasteiger partial charge in [-0.3, -0.25) is 4.79 Å². The highest BCUT2D eigenvalue weighted by Crippen LogP contribution is 2.26. The number of carbonyl (C=O) groups excluding carboxylic acids is 1. The summed E-state index contributed by atoms with van der Waals surface area (Å²) in [5, 5.41) is 12.3. The summed E-state index contributed by atoms with van der Waals surface area (Å²) in [5.74, 6) is -2.62. The third-order valence-corrected chi connectivity index (χ3v) is 3.89. The highest BCUT2D eigenvalue weighted by molar-refractivity contribution is 5.88. The molecule has 0 saturated carbocycles. The number of carboxylic acid groups (broad SMARTS) is 1. The van der Waals surface area contributed by atoms with Crippen LogP contribution in [-0.2, 0) is 27.2 Å². The Balaban J connectivity index is 2.48. The first-order valence-corrected chi connectivity index (χ1v) is 9.12. The summed E-state index contributed by atoms with van der Waals surface area (Å²) in [6.45, 7) is 5.50. The van der Waals surface area contributed by atoms with Crippen LogP contribution >= 0.6 is 0 Å². The average Bonchev–Trinajstić information content (AvgIpc) is 3.03. The molecule has 0 radical (unpaired) electrons. The van der Waals surface area contributed by atoms with E-state index in [0.717, 1.165) is 19.3 Å². The van der Waals surface area contributed by atoms with Crippen molar-refractivity contribution in [3.8, 4) is 0 Å². The number of nitrogens with zero attached hydrogens (tertiary/aromatic N) is 2. The van der Waals surface area contributed by atoms with Crippen LogP contribution in [0.4, 0.5) is 13.2 Å². The fourth-order valence-electron chi connectivity index (χ4n) is 2.38. The van der Waals surface area contributed by atoms with E-state index in [-0.39, 0.29) is 17.9 Å². The summed E-state index contributed by atoms with van der Waals surface area (Å²) >= 11 is 0. The van der Waals surface area contributed by atoms with Crippen LogP contribution in [0, 0.1) is 0 Å². The number of esters is 1. The molecule has 28 heavy (non-hydrogen) atoms. The van der Waals surface area contributed by atoms with Gasteiger partial charge in [0.1, 0.15) is 0 Å². The molecule has 1 aromatic heterocycles. The van der Waals surface area contributed by atoms with Gasteiger partial charge in [-0.2, -0.15) is 18.2 Å². The minimum absolute atomic E-state index is 0.0322. The van der Waals surface area contributed by atoms with Gasteiger partial charge in [-0.05, 0) is 6.42 Å². The first-order chi connectivity index (χ1) is 13.1. The number of ether oxygens (including phenoxy) is 1. The minimum atomic E-state index is -5.00. The monoisotopic (exact) mass is 406 g/mol. The Morgan fingerprint density at radius 3 is 2.46 bits per heavy atom. The molecular weight excluding hydrogens is 381 g/mol.